The molecule has 0 heterocycles. The highest BCUT2D eigenvalue weighted by molar-refractivity contribution is 7.92. The first kappa shape index (κ1) is 18.3. The van der Waals surface area contributed by atoms with Crippen molar-refractivity contribution in [1.29, 1.82) is 0 Å². The summed E-state index contributed by atoms with van der Waals surface area (Å²) < 4.78 is 25.7. The van der Waals surface area contributed by atoms with Crippen molar-refractivity contribution in [2.75, 3.05) is 22.4 Å². The van der Waals surface area contributed by atoms with Gasteiger partial charge in [0.2, 0.25) is 10.0 Å². The molecule has 0 amide bonds. The first-order valence-electron chi connectivity index (χ1n) is 8.00. The SMILES string of the molecule is CCS(=O)(=O)Nc1ccc(C(C)Nc2ccc(CCO)cc2)cc1. The van der Waals surface area contributed by atoms with Crippen LogP contribution in [0.5, 0.6) is 0 Å². The summed E-state index contributed by atoms with van der Waals surface area (Å²) >= 11 is 0. The third-order valence-corrected chi connectivity index (χ3v) is 5.11. The van der Waals surface area contributed by atoms with Gasteiger partial charge in [-0.05, 0) is 55.7 Å². The van der Waals surface area contributed by atoms with Crippen LogP contribution in [0.1, 0.15) is 31.0 Å². The summed E-state index contributed by atoms with van der Waals surface area (Å²) in [6.07, 6.45) is 0.658. The molecule has 0 radical (unpaired) electrons. The van der Waals surface area contributed by atoms with Crippen molar-refractivity contribution in [3.63, 3.8) is 0 Å². The minimum Gasteiger partial charge on any atom is -0.396 e. The highest BCUT2D eigenvalue weighted by Gasteiger charge is 2.09. The van der Waals surface area contributed by atoms with Gasteiger partial charge in [-0.15, -0.1) is 0 Å². The van der Waals surface area contributed by atoms with Gasteiger partial charge in [0.05, 0.1) is 5.75 Å². The number of hydrogen-bond acceptors (Lipinski definition) is 4. The fraction of sp³-hybridized carbons (Fsp3) is 0.333. The van der Waals surface area contributed by atoms with E-state index in [0.717, 1.165) is 16.8 Å². The first-order chi connectivity index (χ1) is 11.4. The van der Waals surface area contributed by atoms with Crippen LogP contribution in [0.2, 0.25) is 0 Å². The number of sulfonamides is 1. The van der Waals surface area contributed by atoms with Crippen molar-refractivity contribution >= 4 is 21.4 Å². The van der Waals surface area contributed by atoms with Crippen molar-refractivity contribution in [1.82, 2.24) is 0 Å². The predicted octanol–water partition coefficient (Wildman–Crippen LogP) is 3.16. The maximum Gasteiger partial charge on any atom is 0.232 e. The molecule has 1 atom stereocenters. The summed E-state index contributed by atoms with van der Waals surface area (Å²) in [6.45, 7) is 3.80. The van der Waals surface area contributed by atoms with E-state index in [2.05, 4.69) is 10.0 Å². The van der Waals surface area contributed by atoms with Crippen LogP contribution in [0.25, 0.3) is 0 Å². The van der Waals surface area contributed by atoms with Crippen LogP contribution in [-0.4, -0.2) is 25.9 Å². The standard InChI is InChI=1S/C18H24N2O3S/c1-3-24(22,23)20-18-10-6-16(7-11-18)14(2)19-17-8-4-15(5-9-17)12-13-21/h4-11,14,19-21H,3,12-13H2,1-2H3. The van der Waals surface area contributed by atoms with E-state index in [1.807, 2.05) is 43.3 Å². The number of anilines is 2. The molecule has 0 aliphatic heterocycles. The van der Waals surface area contributed by atoms with Gasteiger partial charge in [-0.2, -0.15) is 0 Å². The molecule has 2 aromatic carbocycles. The Morgan fingerprint density at radius 3 is 2.12 bits per heavy atom. The summed E-state index contributed by atoms with van der Waals surface area (Å²) in [5.41, 5.74) is 3.73. The fourth-order valence-electron chi connectivity index (χ4n) is 2.32. The molecule has 6 heteroatoms. The summed E-state index contributed by atoms with van der Waals surface area (Å²) in [5.74, 6) is 0.0545. The average Bonchev–Trinajstić information content (AvgIpc) is 2.57. The Morgan fingerprint density at radius 1 is 1.00 bits per heavy atom. The van der Waals surface area contributed by atoms with E-state index in [4.69, 9.17) is 5.11 Å². The molecule has 0 saturated carbocycles. The monoisotopic (exact) mass is 348 g/mol. The lowest BCUT2D eigenvalue weighted by atomic mass is 10.1. The molecule has 24 heavy (non-hydrogen) atoms. The average molecular weight is 348 g/mol. The Morgan fingerprint density at radius 2 is 1.58 bits per heavy atom. The Bertz CT molecular complexity index is 741. The van der Waals surface area contributed by atoms with Gasteiger partial charge in [-0.1, -0.05) is 24.3 Å². The number of aliphatic hydroxyl groups excluding tert-OH is 1. The smallest absolute Gasteiger partial charge is 0.232 e. The van der Waals surface area contributed by atoms with Gasteiger partial charge in [0.15, 0.2) is 0 Å². The zero-order chi connectivity index (χ0) is 17.6. The molecular weight excluding hydrogens is 324 g/mol. The van der Waals surface area contributed by atoms with Crippen LogP contribution < -0.4 is 10.0 Å². The van der Waals surface area contributed by atoms with Gasteiger partial charge in [0.1, 0.15) is 0 Å². The second-order valence-electron chi connectivity index (χ2n) is 5.66. The Hall–Kier alpha value is -2.05. The highest BCUT2D eigenvalue weighted by Crippen LogP contribution is 2.21. The van der Waals surface area contributed by atoms with Gasteiger partial charge in [0, 0.05) is 24.0 Å². The Balaban J connectivity index is 2.00. The second kappa shape index (κ2) is 8.17. The van der Waals surface area contributed by atoms with Gasteiger partial charge >= 0.3 is 0 Å². The van der Waals surface area contributed by atoms with E-state index in [1.54, 1.807) is 19.1 Å². The van der Waals surface area contributed by atoms with Crippen LogP contribution >= 0.6 is 0 Å². The van der Waals surface area contributed by atoms with Crippen molar-refractivity contribution in [2.45, 2.75) is 26.3 Å². The lowest BCUT2D eigenvalue weighted by molar-refractivity contribution is 0.299. The molecule has 0 spiro atoms. The summed E-state index contributed by atoms with van der Waals surface area (Å²) in [6, 6.07) is 15.4. The zero-order valence-electron chi connectivity index (χ0n) is 14.0. The molecule has 0 aliphatic rings. The molecule has 1 unspecified atom stereocenters. The molecule has 3 N–H and O–H groups in total. The van der Waals surface area contributed by atoms with E-state index in [1.165, 1.54) is 0 Å². The molecular formula is C18H24N2O3S. The second-order valence-corrected chi connectivity index (χ2v) is 7.68. The van der Waals surface area contributed by atoms with Crippen molar-refractivity contribution in [2.24, 2.45) is 0 Å². The molecule has 2 aromatic rings. The maximum absolute atomic E-state index is 11.6. The molecule has 5 nitrogen and oxygen atoms in total. The summed E-state index contributed by atoms with van der Waals surface area (Å²) in [4.78, 5) is 0. The molecule has 0 aliphatic carbocycles. The minimum atomic E-state index is -3.25. The number of hydrogen-bond donors (Lipinski definition) is 3. The summed E-state index contributed by atoms with van der Waals surface area (Å²) in [5, 5.41) is 12.3. The van der Waals surface area contributed by atoms with Crippen LogP contribution in [0.4, 0.5) is 11.4 Å². The number of rotatable bonds is 8. The number of benzene rings is 2. The number of aliphatic hydroxyl groups is 1. The predicted molar refractivity (Wildman–Crippen MR) is 98.8 cm³/mol. The zero-order valence-corrected chi connectivity index (χ0v) is 14.8. The highest BCUT2D eigenvalue weighted by atomic mass is 32.2. The maximum atomic E-state index is 11.6. The third-order valence-electron chi connectivity index (χ3n) is 3.80. The number of nitrogens with one attached hydrogen (secondary N) is 2. The van der Waals surface area contributed by atoms with Gasteiger partial charge < -0.3 is 10.4 Å². The van der Waals surface area contributed by atoms with E-state index < -0.39 is 10.0 Å². The van der Waals surface area contributed by atoms with Crippen molar-refractivity contribution in [3.05, 3.63) is 59.7 Å². The third kappa shape index (κ3) is 5.25. The molecule has 0 aromatic heterocycles. The van der Waals surface area contributed by atoms with E-state index in [-0.39, 0.29) is 18.4 Å². The van der Waals surface area contributed by atoms with Crippen LogP contribution in [0, 0.1) is 0 Å². The van der Waals surface area contributed by atoms with Crippen molar-refractivity contribution in [3.8, 4) is 0 Å². The Labute approximate surface area is 143 Å². The first-order valence-corrected chi connectivity index (χ1v) is 9.65. The molecule has 2 rings (SSSR count). The Kier molecular flexibility index (Phi) is 6.23. The van der Waals surface area contributed by atoms with E-state index in [9.17, 15) is 8.42 Å². The fourth-order valence-corrected chi connectivity index (χ4v) is 2.96. The van der Waals surface area contributed by atoms with Crippen LogP contribution in [0.15, 0.2) is 48.5 Å². The van der Waals surface area contributed by atoms with Crippen LogP contribution in [0.3, 0.4) is 0 Å². The summed E-state index contributed by atoms with van der Waals surface area (Å²) in [7, 11) is -3.25. The van der Waals surface area contributed by atoms with E-state index >= 15 is 0 Å². The van der Waals surface area contributed by atoms with Gasteiger partial charge in [0.25, 0.3) is 0 Å². The molecule has 0 saturated heterocycles. The topological polar surface area (TPSA) is 78.4 Å². The van der Waals surface area contributed by atoms with Gasteiger partial charge in [-0.25, -0.2) is 8.42 Å². The molecule has 130 valence electrons. The minimum absolute atomic E-state index is 0.0545. The quantitative estimate of drug-likeness (QED) is 0.685. The molecule has 0 bridgehead atoms. The lowest BCUT2D eigenvalue weighted by Crippen LogP contribution is -2.14. The van der Waals surface area contributed by atoms with E-state index in [0.29, 0.717) is 12.1 Å². The van der Waals surface area contributed by atoms with Crippen molar-refractivity contribution < 1.29 is 13.5 Å². The largest absolute Gasteiger partial charge is 0.396 e. The molecule has 0 fully saturated rings. The van der Waals surface area contributed by atoms with Crippen LogP contribution in [-0.2, 0) is 16.4 Å². The van der Waals surface area contributed by atoms with Gasteiger partial charge in [-0.3, -0.25) is 4.72 Å². The normalized spacial score (nSPS) is 12.6. The lowest BCUT2D eigenvalue weighted by Gasteiger charge is -2.17.